The highest BCUT2D eigenvalue weighted by Gasteiger charge is 2.22. The topological polar surface area (TPSA) is 150 Å². The fourth-order valence-corrected chi connectivity index (χ4v) is 5.61. The van der Waals surface area contributed by atoms with E-state index in [1.165, 1.54) is 0 Å². The number of fused-ring (bicyclic) bond motifs is 1. The molecular weight excluding hydrogens is 622 g/mol. The van der Waals surface area contributed by atoms with Gasteiger partial charge in [0.2, 0.25) is 5.75 Å². The summed E-state index contributed by atoms with van der Waals surface area (Å²) in [5.41, 5.74) is 15.5. The molecule has 0 spiro atoms. The Balaban J connectivity index is 0.00000500. The second kappa shape index (κ2) is 16.2. The van der Waals surface area contributed by atoms with E-state index < -0.39 is 5.91 Å². The number of hydrogen-bond acceptors (Lipinski definition) is 9. The molecule has 1 aromatic heterocycles. The van der Waals surface area contributed by atoms with Gasteiger partial charge in [-0.15, -0.1) is 12.4 Å². The molecule has 3 aromatic carbocycles. The number of nitrogens with two attached hydrogens (primary N) is 2. The number of aromatic nitrogens is 1. The molecule has 250 valence electrons. The van der Waals surface area contributed by atoms with E-state index in [1.807, 2.05) is 55.5 Å². The molecule has 1 aliphatic heterocycles. The summed E-state index contributed by atoms with van der Waals surface area (Å²) in [7, 11) is 4.89. The predicted octanol–water partition coefficient (Wildman–Crippen LogP) is 4.56. The monoisotopic (exact) mass is 663 g/mol. The van der Waals surface area contributed by atoms with Crippen molar-refractivity contribution >= 4 is 46.6 Å². The van der Waals surface area contributed by atoms with Crippen LogP contribution in [0.25, 0.3) is 10.9 Å². The highest BCUT2D eigenvalue weighted by molar-refractivity contribution is 6.04. The van der Waals surface area contributed by atoms with E-state index >= 15 is 0 Å². The average Bonchev–Trinajstić information content (AvgIpc) is 3.06. The van der Waals surface area contributed by atoms with Crippen LogP contribution >= 0.6 is 12.4 Å². The van der Waals surface area contributed by atoms with Crippen molar-refractivity contribution in [1.82, 2.24) is 14.8 Å². The number of amides is 1. The predicted molar refractivity (Wildman–Crippen MR) is 187 cm³/mol. The first-order valence-electron chi connectivity index (χ1n) is 15.1. The molecule has 0 saturated carbocycles. The molecule has 12 nitrogen and oxygen atoms in total. The Kier molecular flexibility index (Phi) is 12.1. The first-order valence-corrected chi connectivity index (χ1v) is 15.1. The summed E-state index contributed by atoms with van der Waals surface area (Å²) >= 11 is 0. The largest absolute Gasteiger partial charge is 0.494 e. The number of aliphatic imine (C=N–C) groups is 1. The summed E-state index contributed by atoms with van der Waals surface area (Å²) in [6.45, 7) is 7.70. The number of carbonyl (C=O) groups excluding carboxylic acids is 1. The Labute approximate surface area is 281 Å². The lowest BCUT2D eigenvalue weighted by atomic mass is 10.1. The van der Waals surface area contributed by atoms with Crippen LogP contribution in [0.1, 0.15) is 28.5 Å². The standard InChI is InChI=1S/C34H41N7O5.ClH/c1-5-46-25-10-8-24(9-11-25)37-28-19-29(33(42)39-34(35)36)38-27-12-6-22(18-26(27)28)20-40-14-16-41(17-15-40)21-23-7-13-30(43-2)32(45-4)31(23)44-3;/h6-13,18-19H,5,14-17,20-21H2,1-4H3,(H,37,38)(H4,35,36,39,42);1H. The van der Waals surface area contributed by atoms with Crippen LogP contribution in [0.15, 0.2) is 65.7 Å². The Morgan fingerprint density at radius 3 is 2.17 bits per heavy atom. The minimum absolute atomic E-state index is 0. The van der Waals surface area contributed by atoms with E-state index in [4.69, 9.17) is 30.4 Å². The number of ether oxygens (including phenoxy) is 4. The zero-order valence-corrected chi connectivity index (χ0v) is 27.9. The van der Waals surface area contributed by atoms with Crippen molar-refractivity contribution in [2.75, 3.05) is 59.4 Å². The Hall–Kier alpha value is -4.78. The van der Waals surface area contributed by atoms with Gasteiger partial charge in [0, 0.05) is 55.9 Å². The second-order valence-corrected chi connectivity index (χ2v) is 10.9. The van der Waals surface area contributed by atoms with Gasteiger partial charge in [0.15, 0.2) is 17.5 Å². The summed E-state index contributed by atoms with van der Waals surface area (Å²) in [5, 5.41) is 4.32. The third kappa shape index (κ3) is 8.53. The van der Waals surface area contributed by atoms with Crippen molar-refractivity contribution in [3.8, 4) is 23.0 Å². The molecule has 4 aromatic rings. The van der Waals surface area contributed by atoms with Gasteiger partial charge in [-0.2, -0.15) is 4.99 Å². The molecule has 13 heteroatoms. The third-order valence-corrected chi connectivity index (χ3v) is 7.82. The van der Waals surface area contributed by atoms with Crippen molar-refractivity contribution in [3.63, 3.8) is 0 Å². The van der Waals surface area contributed by atoms with E-state index in [0.29, 0.717) is 29.4 Å². The number of piperazine rings is 1. The van der Waals surface area contributed by atoms with Gasteiger partial charge in [0.05, 0.1) is 39.1 Å². The number of hydrogen-bond donors (Lipinski definition) is 3. The van der Waals surface area contributed by atoms with Crippen molar-refractivity contribution in [1.29, 1.82) is 0 Å². The first kappa shape index (κ1) is 35.1. The summed E-state index contributed by atoms with van der Waals surface area (Å²) in [5.74, 6) is 1.81. The molecule has 1 saturated heterocycles. The van der Waals surface area contributed by atoms with Gasteiger partial charge in [-0.25, -0.2) is 4.98 Å². The number of rotatable bonds is 12. The molecule has 5 N–H and O–H groups in total. The van der Waals surface area contributed by atoms with Crippen LogP contribution in [0, 0.1) is 0 Å². The first-order chi connectivity index (χ1) is 22.3. The van der Waals surface area contributed by atoms with Gasteiger partial charge in [-0.1, -0.05) is 12.1 Å². The zero-order valence-electron chi connectivity index (χ0n) is 27.1. The van der Waals surface area contributed by atoms with Crippen LogP contribution in [0.2, 0.25) is 0 Å². The van der Waals surface area contributed by atoms with Gasteiger partial charge in [0.25, 0.3) is 5.91 Å². The minimum Gasteiger partial charge on any atom is -0.494 e. The summed E-state index contributed by atoms with van der Waals surface area (Å²) in [6, 6.07) is 19.4. The number of nitrogens with zero attached hydrogens (tertiary/aromatic N) is 4. The van der Waals surface area contributed by atoms with Gasteiger partial charge in [0.1, 0.15) is 11.4 Å². The Morgan fingerprint density at radius 1 is 0.872 bits per heavy atom. The highest BCUT2D eigenvalue weighted by Crippen LogP contribution is 2.40. The Morgan fingerprint density at radius 2 is 1.55 bits per heavy atom. The van der Waals surface area contributed by atoms with Gasteiger partial charge >= 0.3 is 0 Å². The SMILES string of the molecule is CCOc1ccc(Nc2cc(C(=O)N=C(N)N)nc3ccc(CN4CCN(Cc5ccc(OC)c(OC)c5OC)CC4)cc23)cc1.Cl. The lowest BCUT2D eigenvalue weighted by molar-refractivity contribution is 0.0998. The second-order valence-electron chi connectivity index (χ2n) is 10.9. The molecule has 1 amide bonds. The summed E-state index contributed by atoms with van der Waals surface area (Å²) < 4.78 is 22.3. The van der Waals surface area contributed by atoms with Crippen LogP contribution < -0.4 is 35.7 Å². The maximum atomic E-state index is 12.7. The van der Waals surface area contributed by atoms with Crippen LogP contribution in [0.5, 0.6) is 23.0 Å². The summed E-state index contributed by atoms with van der Waals surface area (Å²) in [6.07, 6.45) is 0. The number of carbonyl (C=O) groups is 1. The number of anilines is 2. The molecule has 1 fully saturated rings. The van der Waals surface area contributed by atoms with E-state index in [-0.39, 0.29) is 24.1 Å². The fourth-order valence-electron chi connectivity index (χ4n) is 5.61. The van der Waals surface area contributed by atoms with Crippen LogP contribution in [0.3, 0.4) is 0 Å². The molecular formula is C34H42ClN7O5. The number of guanidine groups is 1. The van der Waals surface area contributed by atoms with E-state index in [2.05, 4.69) is 31.2 Å². The van der Waals surface area contributed by atoms with Crippen molar-refractivity contribution in [2.24, 2.45) is 16.5 Å². The highest BCUT2D eigenvalue weighted by atomic mass is 35.5. The van der Waals surface area contributed by atoms with Crippen LogP contribution in [-0.2, 0) is 13.1 Å². The molecule has 5 rings (SSSR count). The van der Waals surface area contributed by atoms with E-state index in [9.17, 15) is 4.79 Å². The van der Waals surface area contributed by atoms with E-state index in [0.717, 1.165) is 72.9 Å². The van der Waals surface area contributed by atoms with E-state index in [1.54, 1.807) is 27.4 Å². The quantitative estimate of drug-likeness (QED) is 0.145. The maximum absolute atomic E-state index is 12.7. The van der Waals surface area contributed by atoms with Crippen molar-refractivity contribution in [2.45, 2.75) is 20.0 Å². The molecule has 47 heavy (non-hydrogen) atoms. The third-order valence-electron chi connectivity index (χ3n) is 7.82. The molecule has 0 bridgehead atoms. The number of halogens is 1. The lowest BCUT2D eigenvalue weighted by Gasteiger charge is -2.35. The fraction of sp³-hybridized carbons (Fsp3) is 0.324. The van der Waals surface area contributed by atoms with Gasteiger partial charge < -0.3 is 35.7 Å². The number of nitrogens with one attached hydrogen (secondary N) is 1. The number of methoxy groups -OCH3 is 3. The van der Waals surface area contributed by atoms with Gasteiger partial charge in [-0.3, -0.25) is 14.6 Å². The van der Waals surface area contributed by atoms with Crippen molar-refractivity contribution < 1.29 is 23.7 Å². The zero-order chi connectivity index (χ0) is 32.6. The van der Waals surface area contributed by atoms with Gasteiger partial charge in [-0.05, 0) is 61.0 Å². The van der Waals surface area contributed by atoms with Crippen LogP contribution in [0.4, 0.5) is 11.4 Å². The summed E-state index contributed by atoms with van der Waals surface area (Å²) in [4.78, 5) is 25.8. The van der Waals surface area contributed by atoms with Crippen LogP contribution in [-0.4, -0.2) is 80.8 Å². The maximum Gasteiger partial charge on any atom is 0.298 e. The number of pyridine rings is 1. The Bertz CT molecular complexity index is 1710. The average molecular weight is 664 g/mol. The number of benzene rings is 3. The molecule has 0 radical (unpaired) electrons. The molecule has 0 unspecified atom stereocenters. The lowest BCUT2D eigenvalue weighted by Crippen LogP contribution is -2.45. The molecule has 1 aliphatic rings. The smallest absolute Gasteiger partial charge is 0.298 e. The normalized spacial score (nSPS) is 13.4. The minimum atomic E-state index is -0.607. The molecule has 2 heterocycles. The van der Waals surface area contributed by atoms with Crippen molar-refractivity contribution in [3.05, 3.63) is 77.5 Å². The molecule has 0 atom stereocenters. The molecule has 0 aliphatic carbocycles.